The van der Waals surface area contributed by atoms with Gasteiger partial charge in [0.1, 0.15) is 5.69 Å². The van der Waals surface area contributed by atoms with E-state index in [1.807, 2.05) is 5.32 Å². The lowest BCUT2D eigenvalue weighted by Crippen LogP contribution is -2.51. The number of amides is 1. The Bertz CT molecular complexity index is 390. The van der Waals surface area contributed by atoms with E-state index >= 15 is 0 Å². The topological polar surface area (TPSA) is 62.2 Å². The molecule has 0 aliphatic rings. The van der Waals surface area contributed by atoms with Crippen LogP contribution in [-0.4, -0.2) is 34.3 Å². The highest BCUT2D eigenvalue weighted by Gasteiger charge is 2.49. The van der Waals surface area contributed by atoms with Crippen LogP contribution < -0.4 is 5.32 Å². The Balaban J connectivity index is 2.61. The number of hydrogen-bond donors (Lipinski definition) is 2. The number of rotatable bonds is 3. The number of carbonyl (C=O) groups excluding carboxylic acids is 1. The van der Waals surface area contributed by atoms with Gasteiger partial charge in [-0.05, 0) is 19.1 Å². The molecule has 0 bridgehead atoms. The first-order valence-corrected chi connectivity index (χ1v) is 4.72. The van der Waals surface area contributed by atoms with Gasteiger partial charge in [-0.2, -0.15) is 13.2 Å². The van der Waals surface area contributed by atoms with E-state index in [0.717, 1.165) is 0 Å². The maximum absolute atomic E-state index is 12.3. The lowest BCUT2D eigenvalue weighted by Gasteiger charge is -2.26. The fraction of sp³-hybridized carbons (Fsp3) is 0.400. The van der Waals surface area contributed by atoms with E-state index in [1.165, 1.54) is 18.3 Å². The van der Waals surface area contributed by atoms with Crippen LogP contribution in [0.15, 0.2) is 24.4 Å². The Morgan fingerprint density at radius 1 is 1.47 bits per heavy atom. The number of nitrogens with one attached hydrogen (secondary N) is 1. The van der Waals surface area contributed by atoms with Gasteiger partial charge in [0.05, 0.1) is 6.54 Å². The third-order valence-corrected chi connectivity index (χ3v) is 2.10. The summed E-state index contributed by atoms with van der Waals surface area (Å²) < 4.78 is 36.8. The summed E-state index contributed by atoms with van der Waals surface area (Å²) in [6, 6.07) is 4.46. The molecule has 1 heterocycles. The minimum Gasteiger partial charge on any atom is -0.379 e. The number of hydrogen-bond acceptors (Lipinski definition) is 3. The second kappa shape index (κ2) is 4.70. The molecular weight excluding hydrogens is 237 g/mol. The van der Waals surface area contributed by atoms with E-state index in [9.17, 15) is 18.0 Å². The van der Waals surface area contributed by atoms with Crippen LogP contribution >= 0.6 is 0 Å². The molecule has 0 fully saturated rings. The van der Waals surface area contributed by atoms with Crippen LogP contribution in [0.25, 0.3) is 0 Å². The van der Waals surface area contributed by atoms with Gasteiger partial charge < -0.3 is 10.4 Å². The zero-order valence-corrected chi connectivity index (χ0v) is 8.95. The Labute approximate surface area is 95.5 Å². The maximum atomic E-state index is 12.3. The SMILES string of the molecule is C[C@@](O)(CNC(=O)c1ccccn1)C(F)(F)F. The molecule has 1 aromatic rings. The average molecular weight is 248 g/mol. The second-order valence-electron chi connectivity index (χ2n) is 3.67. The molecule has 1 aromatic heterocycles. The molecule has 0 spiro atoms. The smallest absolute Gasteiger partial charge is 0.379 e. The first-order valence-electron chi connectivity index (χ1n) is 4.72. The monoisotopic (exact) mass is 248 g/mol. The van der Waals surface area contributed by atoms with Gasteiger partial charge in [-0.3, -0.25) is 9.78 Å². The van der Waals surface area contributed by atoms with Crippen LogP contribution in [0.2, 0.25) is 0 Å². The summed E-state index contributed by atoms with van der Waals surface area (Å²) in [6.45, 7) is -0.336. The average Bonchev–Trinajstić information content (AvgIpc) is 2.25. The molecule has 0 saturated carbocycles. The summed E-state index contributed by atoms with van der Waals surface area (Å²) in [5.74, 6) is -0.768. The minimum atomic E-state index is -4.80. The standard InChI is InChI=1S/C10H11F3N2O2/c1-9(17,10(11,12)13)6-15-8(16)7-4-2-3-5-14-7/h2-5,17H,6H2,1H3,(H,15,16)/t9-/m1/s1. The van der Waals surface area contributed by atoms with Gasteiger partial charge in [0.25, 0.3) is 5.91 Å². The summed E-state index contributed by atoms with van der Waals surface area (Å²) in [5, 5.41) is 11.1. The minimum absolute atomic E-state index is 0.00882. The molecule has 0 radical (unpaired) electrons. The van der Waals surface area contributed by atoms with Crippen molar-refractivity contribution in [3.05, 3.63) is 30.1 Å². The van der Waals surface area contributed by atoms with Gasteiger partial charge in [0.15, 0.2) is 5.60 Å². The fourth-order valence-electron chi connectivity index (χ4n) is 0.940. The van der Waals surface area contributed by atoms with E-state index in [-0.39, 0.29) is 5.69 Å². The Morgan fingerprint density at radius 3 is 2.59 bits per heavy atom. The van der Waals surface area contributed by atoms with Crippen LogP contribution in [0.4, 0.5) is 13.2 Å². The molecule has 0 aliphatic carbocycles. The Morgan fingerprint density at radius 2 is 2.12 bits per heavy atom. The fourth-order valence-corrected chi connectivity index (χ4v) is 0.940. The number of carbonyl (C=O) groups is 1. The van der Waals surface area contributed by atoms with Crippen molar-refractivity contribution in [2.75, 3.05) is 6.54 Å². The van der Waals surface area contributed by atoms with Crippen LogP contribution in [0, 0.1) is 0 Å². The van der Waals surface area contributed by atoms with E-state index < -0.39 is 24.2 Å². The number of halogens is 3. The molecule has 1 rings (SSSR count). The zero-order chi connectivity index (χ0) is 13.1. The van der Waals surface area contributed by atoms with Crippen LogP contribution in [0.1, 0.15) is 17.4 Å². The first kappa shape index (κ1) is 13.4. The van der Waals surface area contributed by atoms with Crippen molar-refractivity contribution in [2.45, 2.75) is 18.7 Å². The van der Waals surface area contributed by atoms with Gasteiger partial charge in [0.2, 0.25) is 0 Å². The zero-order valence-electron chi connectivity index (χ0n) is 8.95. The highest BCUT2D eigenvalue weighted by Crippen LogP contribution is 2.29. The van der Waals surface area contributed by atoms with Gasteiger partial charge in [-0.15, -0.1) is 0 Å². The van der Waals surface area contributed by atoms with Crippen molar-refractivity contribution in [1.82, 2.24) is 10.3 Å². The Hall–Kier alpha value is -1.63. The van der Waals surface area contributed by atoms with Gasteiger partial charge >= 0.3 is 6.18 Å². The highest BCUT2D eigenvalue weighted by molar-refractivity contribution is 5.92. The molecule has 0 unspecified atom stereocenters. The predicted octanol–water partition coefficient (Wildman–Crippen LogP) is 1.12. The van der Waals surface area contributed by atoms with Crippen molar-refractivity contribution in [2.24, 2.45) is 0 Å². The molecule has 17 heavy (non-hydrogen) atoms. The molecule has 2 N–H and O–H groups in total. The molecule has 0 aliphatic heterocycles. The summed E-state index contributed by atoms with van der Waals surface area (Å²) in [5.41, 5.74) is -2.97. The van der Waals surface area contributed by atoms with E-state index in [2.05, 4.69) is 4.98 Å². The molecule has 94 valence electrons. The largest absolute Gasteiger partial charge is 0.418 e. The van der Waals surface area contributed by atoms with Crippen LogP contribution in [-0.2, 0) is 0 Å². The van der Waals surface area contributed by atoms with Gasteiger partial charge in [-0.1, -0.05) is 6.07 Å². The molecule has 1 atom stereocenters. The lowest BCUT2D eigenvalue weighted by atomic mass is 10.1. The summed E-state index contributed by atoms with van der Waals surface area (Å²) >= 11 is 0. The van der Waals surface area contributed by atoms with E-state index in [1.54, 1.807) is 6.07 Å². The van der Waals surface area contributed by atoms with Crippen molar-refractivity contribution in [3.8, 4) is 0 Å². The highest BCUT2D eigenvalue weighted by atomic mass is 19.4. The van der Waals surface area contributed by atoms with Gasteiger partial charge in [0, 0.05) is 6.20 Å². The molecule has 0 saturated heterocycles. The van der Waals surface area contributed by atoms with E-state index in [4.69, 9.17) is 5.11 Å². The normalized spacial score (nSPS) is 15.1. The molecule has 4 nitrogen and oxygen atoms in total. The quantitative estimate of drug-likeness (QED) is 0.842. The second-order valence-corrected chi connectivity index (χ2v) is 3.67. The summed E-state index contributed by atoms with van der Waals surface area (Å²) in [4.78, 5) is 15.0. The molecule has 0 aromatic carbocycles. The van der Waals surface area contributed by atoms with Crippen molar-refractivity contribution in [1.29, 1.82) is 0 Å². The van der Waals surface area contributed by atoms with Gasteiger partial charge in [-0.25, -0.2) is 0 Å². The number of aromatic nitrogens is 1. The van der Waals surface area contributed by atoms with Crippen molar-refractivity contribution >= 4 is 5.91 Å². The van der Waals surface area contributed by atoms with Crippen molar-refractivity contribution in [3.63, 3.8) is 0 Å². The summed E-state index contributed by atoms with van der Waals surface area (Å²) in [7, 11) is 0. The van der Waals surface area contributed by atoms with Crippen LogP contribution in [0.5, 0.6) is 0 Å². The Kier molecular flexibility index (Phi) is 3.72. The van der Waals surface area contributed by atoms with E-state index in [0.29, 0.717) is 6.92 Å². The molecule has 1 amide bonds. The number of nitrogens with zero attached hydrogens (tertiary/aromatic N) is 1. The van der Waals surface area contributed by atoms with Crippen molar-refractivity contribution < 1.29 is 23.1 Å². The molecule has 7 heteroatoms. The lowest BCUT2D eigenvalue weighted by molar-refractivity contribution is -0.249. The number of aliphatic hydroxyl groups is 1. The first-order chi connectivity index (χ1) is 7.74. The summed E-state index contributed by atoms with van der Waals surface area (Å²) in [6.07, 6.45) is -3.46. The number of pyridine rings is 1. The third kappa shape index (κ3) is 3.42. The predicted molar refractivity (Wildman–Crippen MR) is 53.2 cm³/mol. The third-order valence-electron chi connectivity index (χ3n) is 2.10. The van der Waals surface area contributed by atoms with Crippen LogP contribution in [0.3, 0.4) is 0 Å². The number of alkyl halides is 3. The maximum Gasteiger partial charge on any atom is 0.418 e. The molecular formula is C10H11F3N2O2.